The molecule has 2 N–H and O–H groups in total. The van der Waals surface area contributed by atoms with Crippen LogP contribution in [0.5, 0.6) is 0 Å². The molecule has 2 aromatic rings. The van der Waals surface area contributed by atoms with Crippen molar-refractivity contribution >= 4 is 38.3 Å². The minimum atomic E-state index is 0.362. The number of nitrogen functional groups attached to an aromatic ring is 1. The molecule has 0 spiro atoms. The maximum Gasteiger partial charge on any atom is 0.181 e. The second-order valence-corrected chi connectivity index (χ2v) is 5.41. The quantitative estimate of drug-likeness (QED) is 0.819. The molecule has 0 fully saturated rings. The molecule has 0 saturated carbocycles. The number of hydrogen-bond donors (Lipinski definition) is 1. The molecule has 0 aliphatic rings. The van der Waals surface area contributed by atoms with Crippen molar-refractivity contribution in [3.8, 4) is 0 Å². The number of nitrogens with zero attached hydrogens (tertiary/aromatic N) is 1. The topological polar surface area (TPSA) is 38.9 Å². The monoisotopic (exact) mass is 240 g/mol. The van der Waals surface area contributed by atoms with Crippen molar-refractivity contribution in [2.45, 2.75) is 26.7 Å². The number of fused-ring (bicyclic) bond motifs is 1. The zero-order chi connectivity index (χ0) is 11.2. The SMILES string of the molecule is Cc1cc2sc(N)nc2c(C(C)C)c1Cl. The summed E-state index contributed by atoms with van der Waals surface area (Å²) in [5.74, 6) is 0.362. The van der Waals surface area contributed by atoms with Gasteiger partial charge in [0.1, 0.15) is 0 Å². The Morgan fingerprint density at radius 3 is 2.73 bits per heavy atom. The van der Waals surface area contributed by atoms with Gasteiger partial charge < -0.3 is 5.73 Å². The van der Waals surface area contributed by atoms with Gasteiger partial charge in [0.05, 0.1) is 10.2 Å². The molecule has 0 aliphatic heterocycles. The Bertz CT molecular complexity index is 517. The Morgan fingerprint density at radius 1 is 1.47 bits per heavy atom. The summed E-state index contributed by atoms with van der Waals surface area (Å²) in [6.07, 6.45) is 0. The number of nitrogens with two attached hydrogens (primary N) is 1. The van der Waals surface area contributed by atoms with Crippen molar-refractivity contribution < 1.29 is 0 Å². The number of aryl methyl sites for hydroxylation is 1. The molecule has 1 aromatic heterocycles. The third kappa shape index (κ3) is 1.70. The van der Waals surface area contributed by atoms with Crippen LogP contribution in [0.2, 0.25) is 5.02 Å². The minimum absolute atomic E-state index is 0.362. The van der Waals surface area contributed by atoms with Crippen LogP contribution in [-0.2, 0) is 0 Å². The summed E-state index contributed by atoms with van der Waals surface area (Å²) in [7, 11) is 0. The lowest BCUT2D eigenvalue weighted by molar-refractivity contribution is 0.872. The molecule has 1 heterocycles. The van der Waals surface area contributed by atoms with E-state index in [1.165, 1.54) is 11.3 Å². The Kier molecular flexibility index (Phi) is 2.61. The van der Waals surface area contributed by atoms with Gasteiger partial charge in [0.2, 0.25) is 0 Å². The van der Waals surface area contributed by atoms with Crippen LogP contribution in [0.25, 0.3) is 10.2 Å². The van der Waals surface area contributed by atoms with Crippen molar-refractivity contribution in [1.29, 1.82) is 0 Å². The Hall–Kier alpha value is -0.800. The number of benzene rings is 1. The van der Waals surface area contributed by atoms with Crippen molar-refractivity contribution in [3.63, 3.8) is 0 Å². The molecule has 1 aromatic carbocycles. The van der Waals surface area contributed by atoms with E-state index in [4.69, 9.17) is 17.3 Å². The summed E-state index contributed by atoms with van der Waals surface area (Å²) in [6, 6.07) is 2.05. The molecule has 0 radical (unpaired) electrons. The number of hydrogen-bond acceptors (Lipinski definition) is 3. The second-order valence-electron chi connectivity index (χ2n) is 3.97. The average Bonchev–Trinajstić information content (AvgIpc) is 2.46. The number of halogens is 1. The van der Waals surface area contributed by atoms with Crippen LogP contribution in [0.3, 0.4) is 0 Å². The van der Waals surface area contributed by atoms with Gasteiger partial charge in [-0.05, 0) is 24.5 Å². The van der Waals surface area contributed by atoms with Gasteiger partial charge in [-0.3, -0.25) is 0 Å². The Morgan fingerprint density at radius 2 is 2.13 bits per heavy atom. The van der Waals surface area contributed by atoms with E-state index in [0.717, 1.165) is 26.4 Å². The minimum Gasteiger partial charge on any atom is -0.375 e. The third-order valence-corrected chi connectivity index (χ3v) is 3.77. The van der Waals surface area contributed by atoms with Crippen LogP contribution >= 0.6 is 22.9 Å². The fourth-order valence-corrected chi connectivity index (χ4v) is 2.96. The summed E-state index contributed by atoms with van der Waals surface area (Å²) >= 11 is 7.81. The lowest BCUT2D eigenvalue weighted by Gasteiger charge is -2.11. The van der Waals surface area contributed by atoms with E-state index >= 15 is 0 Å². The summed E-state index contributed by atoms with van der Waals surface area (Å²) in [4.78, 5) is 4.35. The summed E-state index contributed by atoms with van der Waals surface area (Å²) in [6.45, 7) is 6.26. The van der Waals surface area contributed by atoms with E-state index in [9.17, 15) is 0 Å². The highest BCUT2D eigenvalue weighted by Gasteiger charge is 2.15. The van der Waals surface area contributed by atoms with Crippen molar-refractivity contribution in [1.82, 2.24) is 4.98 Å². The molecule has 0 unspecified atom stereocenters. The molecular weight excluding hydrogens is 228 g/mol. The van der Waals surface area contributed by atoms with Gasteiger partial charge in [-0.1, -0.05) is 36.8 Å². The van der Waals surface area contributed by atoms with Crippen LogP contribution in [0, 0.1) is 6.92 Å². The Balaban J connectivity index is 2.88. The standard InChI is InChI=1S/C11H13ClN2S/c1-5(2)8-9(12)6(3)4-7-10(8)14-11(13)15-7/h4-5H,1-3H3,(H2,13,14). The highest BCUT2D eigenvalue weighted by Crippen LogP contribution is 2.37. The lowest BCUT2D eigenvalue weighted by atomic mass is 10.00. The first-order chi connectivity index (χ1) is 7.00. The third-order valence-electron chi connectivity index (χ3n) is 2.43. The number of thiazole rings is 1. The highest BCUT2D eigenvalue weighted by molar-refractivity contribution is 7.22. The molecule has 15 heavy (non-hydrogen) atoms. The van der Waals surface area contributed by atoms with Crippen LogP contribution in [-0.4, -0.2) is 4.98 Å². The van der Waals surface area contributed by atoms with Gasteiger partial charge >= 0.3 is 0 Å². The van der Waals surface area contributed by atoms with Gasteiger partial charge in [-0.25, -0.2) is 4.98 Å². The predicted molar refractivity (Wildman–Crippen MR) is 67.9 cm³/mol. The summed E-state index contributed by atoms with van der Waals surface area (Å²) < 4.78 is 1.12. The van der Waals surface area contributed by atoms with E-state index in [2.05, 4.69) is 24.9 Å². The number of aromatic nitrogens is 1. The van der Waals surface area contributed by atoms with Crippen LogP contribution in [0.15, 0.2) is 6.07 Å². The van der Waals surface area contributed by atoms with Crippen molar-refractivity contribution in [3.05, 3.63) is 22.2 Å². The maximum absolute atomic E-state index is 6.30. The predicted octanol–water partition coefficient (Wildman–Crippen LogP) is 3.96. The molecule has 0 bridgehead atoms. The first kappa shape index (κ1) is 10.7. The Labute approximate surface area is 98.1 Å². The first-order valence-corrected chi connectivity index (χ1v) is 6.05. The van der Waals surface area contributed by atoms with Crippen LogP contribution in [0.4, 0.5) is 5.13 Å². The van der Waals surface area contributed by atoms with Crippen LogP contribution in [0.1, 0.15) is 30.9 Å². The van der Waals surface area contributed by atoms with Gasteiger partial charge in [0, 0.05) is 10.6 Å². The smallest absolute Gasteiger partial charge is 0.181 e. The average molecular weight is 241 g/mol. The normalized spacial score (nSPS) is 11.5. The van der Waals surface area contributed by atoms with Gasteiger partial charge in [0.15, 0.2) is 5.13 Å². The fraction of sp³-hybridized carbons (Fsp3) is 0.364. The maximum atomic E-state index is 6.30. The highest BCUT2D eigenvalue weighted by atomic mass is 35.5. The fourth-order valence-electron chi connectivity index (χ4n) is 1.74. The lowest BCUT2D eigenvalue weighted by Crippen LogP contribution is -1.93. The molecule has 2 nitrogen and oxygen atoms in total. The number of rotatable bonds is 1. The molecule has 2 rings (SSSR count). The van der Waals surface area contributed by atoms with E-state index in [1.807, 2.05) is 6.92 Å². The molecular formula is C11H13ClN2S. The summed E-state index contributed by atoms with van der Waals surface area (Å²) in [5.41, 5.74) is 8.89. The molecule has 0 aliphatic carbocycles. The van der Waals surface area contributed by atoms with Gasteiger partial charge in [-0.2, -0.15) is 0 Å². The van der Waals surface area contributed by atoms with E-state index in [0.29, 0.717) is 11.0 Å². The number of anilines is 1. The van der Waals surface area contributed by atoms with E-state index in [1.54, 1.807) is 0 Å². The largest absolute Gasteiger partial charge is 0.375 e. The van der Waals surface area contributed by atoms with Crippen molar-refractivity contribution in [2.24, 2.45) is 0 Å². The molecule has 0 saturated heterocycles. The summed E-state index contributed by atoms with van der Waals surface area (Å²) in [5, 5.41) is 1.43. The second kappa shape index (κ2) is 3.65. The first-order valence-electron chi connectivity index (χ1n) is 4.85. The van der Waals surface area contributed by atoms with E-state index < -0.39 is 0 Å². The molecule has 80 valence electrons. The van der Waals surface area contributed by atoms with Gasteiger partial charge in [-0.15, -0.1) is 0 Å². The zero-order valence-corrected chi connectivity index (χ0v) is 10.5. The molecule has 0 amide bonds. The van der Waals surface area contributed by atoms with E-state index in [-0.39, 0.29) is 0 Å². The zero-order valence-electron chi connectivity index (χ0n) is 8.97. The van der Waals surface area contributed by atoms with Crippen LogP contribution < -0.4 is 5.73 Å². The van der Waals surface area contributed by atoms with Gasteiger partial charge in [0.25, 0.3) is 0 Å². The van der Waals surface area contributed by atoms with Crippen molar-refractivity contribution in [2.75, 3.05) is 5.73 Å². The molecule has 0 atom stereocenters. The molecule has 4 heteroatoms.